The quantitative estimate of drug-likeness (QED) is 0.838. The Morgan fingerprint density at radius 1 is 1.09 bits per heavy atom. The molecule has 5 heteroatoms. The Balaban J connectivity index is 1.79. The molecule has 0 spiro atoms. The van der Waals surface area contributed by atoms with Crippen LogP contribution < -0.4 is 5.32 Å². The first-order valence-electron chi connectivity index (χ1n) is 7.32. The van der Waals surface area contributed by atoms with Crippen molar-refractivity contribution in [1.82, 2.24) is 0 Å². The van der Waals surface area contributed by atoms with Crippen LogP contribution in [-0.2, 0) is 9.59 Å². The van der Waals surface area contributed by atoms with Gasteiger partial charge < -0.3 is 10.4 Å². The molecule has 0 heterocycles. The van der Waals surface area contributed by atoms with Gasteiger partial charge in [-0.1, -0.05) is 12.2 Å². The van der Waals surface area contributed by atoms with Gasteiger partial charge in [-0.25, -0.2) is 0 Å². The van der Waals surface area contributed by atoms with Crippen LogP contribution in [0.1, 0.15) is 18.4 Å². The monoisotopic (exact) mass is 296 g/mol. The predicted octanol–water partition coefficient (Wildman–Crippen LogP) is 2.41. The summed E-state index contributed by atoms with van der Waals surface area (Å²) in [6.45, 7) is 0. The average molecular weight is 296 g/mol. The first kappa shape index (κ1) is 14.3. The first-order chi connectivity index (χ1) is 10.6. The second-order valence-corrected chi connectivity index (χ2v) is 5.86. The first-order valence-corrected chi connectivity index (χ1v) is 7.32. The van der Waals surface area contributed by atoms with Crippen LogP contribution in [0.3, 0.4) is 0 Å². The fourth-order valence-electron chi connectivity index (χ4n) is 3.54. The van der Waals surface area contributed by atoms with Crippen LogP contribution in [0, 0.1) is 35.0 Å². The molecule has 3 aliphatic rings. The maximum absolute atomic E-state index is 12.6. The minimum absolute atomic E-state index is 0.00974. The highest BCUT2D eigenvalue weighted by Gasteiger charge is 2.48. The molecule has 0 saturated heterocycles. The third-order valence-electron chi connectivity index (χ3n) is 4.62. The summed E-state index contributed by atoms with van der Waals surface area (Å²) in [6, 6.07) is 8.57. The molecule has 0 aromatic heterocycles. The largest absolute Gasteiger partial charge is 0.481 e. The summed E-state index contributed by atoms with van der Waals surface area (Å²) in [5.41, 5.74) is 1.10. The van der Waals surface area contributed by atoms with Gasteiger partial charge in [-0.15, -0.1) is 0 Å². The van der Waals surface area contributed by atoms with Crippen molar-refractivity contribution in [2.45, 2.75) is 12.8 Å². The molecule has 2 N–H and O–H groups in total. The van der Waals surface area contributed by atoms with Gasteiger partial charge in [-0.2, -0.15) is 5.26 Å². The summed E-state index contributed by atoms with van der Waals surface area (Å²) in [5.74, 6) is -2.40. The molecule has 5 nitrogen and oxygen atoms in total. The lowest BCUT2D eigenvalue weighted by Gasteiger charge is -2.41. The van der Waals surface area contributed by atoms with E-state index >= 15 is 0 Å². The smallest absolute Gasteiger partial charge is 0.307 e. The molecule has 112 valence electrons. The summed E-state index contributed by atoms with van der Waals surface area (Å²) < 4.78 is 0. The van der Waals surface area contributed by atoms with Gasteiger partial charge in [0.05, 0.1) is 23.5 Å². The molecule has 1 amide bonds. The number of aliphatic carboxylic acids is 1. The second-order valence-electron chi connectivity index (χ2n) is 5.86. The number of carbonyl (C=O) groups is 2. The number of fused-ring (bicyclic) bond motifs is 2. The number of carbonyl (C=O) groups excluding carboxylic acids is 1. The van der Waals surface area contributed by atoms with Crippen LogP contribution in [0.25, 0.3) is 0 Å². The van der Waals surface area contributed by atoms with Crippen molar-refractivity contribution in [3.8, 4) is 6.07 Å². The predicted molar refractivity (Wildman–Crippen MR) is 79.8 cm³/mol. The summed E-state index contributed by atoms with van der Waals surface area (Å²) in [5, 5.41) is 21.0. The van der Waals surface area contributed by atoms with Gasteiger partial charge in [-0.05, 0) is 48.9 Å². The van der Waals surface area contributed by atoms with Crippen LogP contribution in [0.15, 0.2) is 36.4 Å². The van der Waals surface area contributed by atoms with E-state index in [1.54, 1.807) is 24.3 Å². The third-order valence-corrected chi connectivity index (χ3v) is 4.62. The maximum Gasteiger partial charge on any atom is 0.307 e. The van der Waals surface area contributed by atoms with E-state index in [1.165, 1.54) is 0 Å². The van der Waals surface area contributed by atoms with Crippen LogP contribution >= 0.6 is 0 Å². The second kappa shape index (κ2) is 5.64. The molecular weight excluding hydrogens is 280 g/mol. The van der Waals surface area contributed by atoms with Crippen LogP contribution in [0.5, 0.6) is 0 Å². The van der Waals surface area contributed by atoms with E-state index in [1.807, 2.05) is 18.2 Å². The number of benzene rings is 1. The molecular formula is C17H16N2O3. The molecule has 0 aliphatic heterocycles. The number of nitriles is 1. The van der Waals surface area contributed by atoms with E-state index in [0.29, 0.717) is 11.3 Å². The minimum Gasteiger partial charge on any atom is -0.481 e. The zero-order valence-electron chi connectivity index (χ0n) is 11.9. The number of hydrogen-bond donors (Lipinski definition) is 2. The van der Waals surface area contributed by atoms with E-state index in [4.69, 9.17) is 5.26 Å². The molecule has 1 aromatic carbocycles. The number of hydrogen-bond acceptors (Lipinski definition) is 3. The van der Waals surface area contributed by atoms with Gasteiger partial charge in [0.25, 0.3) is 0 Å². The zero-order chi connectivity index (χ0) is 15.7. The molecule has 1 fully saturated rings. The van der Waals surface area contributed by atoms with E-state index in [-0.39, 0.29) is 17.7 Å². The number of amides is 1. The fraction of sp³-hybridized carbons (Fsp3) is 0.353. The lowest BCUT2D eigenvalue weighted by atomic mass is 9.62. The zero-order valence-corrected chi connectivity index (χ0v) is 11.9. The van der Waals surface area contributed by atoms with Crippen molar-refractivity contribution >= 4 is 17.6 Å². The van der Waals surface area contributed by atoms with Gasteiger partial charge in [0.2, 0.25) is 5.91 Å². The Labute approximate surface area is 128 Å². The Bertz CT molecular complexity index is 672. The highest BCUT2D eigenvalue weighted by atomic mass is 16.4. The molecule has 4 unspecified atom stereocenters. The van der Waals surface area contributed by atoms with Crippen LogP contribution in [-0.4, -0.2) is 17.0 Å². The van der Waals surface area contributed by atoms with Crippen molar-refractivity contribution in [3.05, 3.63) is 42.0 Å². The van der Waals surface area contributed by atoms with Gasteiger partial charge in [-0.3, -0.25) is 9.59 Å². The van der Waals surface area contributed by atoms with E-state index in [9.17, 15) is 14.7 Å². The van der Waals surface area contributed by atoms with Crippen LogP contribution in [0.2, 0.25) is 0 Å². The number of carboxylic acids is 1. The van der Waals surface area contributed by atoms with E-state index < -0.39 is 17.8 Å². The lowest BCUT2D eigenvalue weighted by Crippen LogP contribution is -2.47. The van der Waals surface area contributed by atoms with Crippen molar-refractivity contribution in [3.63, 3.8) is 0 Å². The number of allylic oxidation sites excluding steroid dienone is 2. The van der Waals surface area contributed by atoms with Crippen molar-refractivity contribution in [1.29, 1.82) is 5.26 Å². The maximum atomic E-state index is 12.6. The lowest BCUT2D eigenvalue weighted by molar-refractivity contribution is -0.151. The summed E-state index contributed by atoms with van der Waals surface area (Å²) in [6.07, 6.45) is 5.62. The summed E-state index contributed by atoms with van der Waals surface area (Å²) in [7, 11) is 0. The standard InChI is InChI=1S/C17H16N2O3/c18-9-10-1-7-13(8-2-10)19-16(20)14-11-3-5-12(6-4-11)15(14)17(21)22/h1-3,5,7-8,11-12,14-15H,4,6H2,(H,19,20)(H,21,22). The molecule has 2 bridgehead atoms. The molecule has 22 heavy (non-hydrogen) atoms. The number of nitrogens with one attached hydrogen (secondary N) is 1. The topological polar surface area (TPSA) is 90.2 Å². The van der Waals surface area contributed by atoms with Crippen molar-refractivity contribution in [2.75, 3.05) is 5.32 Å². The molecule has 0 radical (unpaired) electrons. The number of nitrogens with zero attached hydrogens (tertiary/aromatic N) is 1. The number of carboxylic acid groups (broad SMARTS) is 1. The highest BCUT2D eigenvalue weighted by Crippen LogP contribution is 2.45. The molecule has 4 atom stereocenters. The normalized spacial score (nSPS) is 28.9. The molecule has 1 saturated carbocycles. The number of rotatable bonds is 3. The van der Waals surface area contributed by atoms with Crippen LogP contribution in [0.4, 0.5) is 5.69 Å². The Morgan fingerprint density at radius 3 is 2.18 bits per heavy atom. The third kappa shape index (κ3) is 2.48. The Morgan fingerprint density at radius 2 is 1.68 bits per heavy atom. The summed E-state index contributed by atoms with van der Waals surface area (Å²) in [4.78, 5) is 24.1. The fourth-order valence-corrected chi connectivity index (χ4v) is 3.54. The minimum atomic E-state index is -0.904. The Hall–Kier alpha value is -2.61. The van der Waals surface area contributed by atoms with Crippen molar-refractivity contribution < 1.29 is 14.7 Å². The van der Waals surface area contributed by atoms with Crippen molar-refractivity contribution in [2.24, 2.45) is 23.7 Å². The highest BCUT2D eigenvalue weighted by molar-refractivity contribution is 5.96. The molecule has 3 aliphatic carbocycles. The average Bonchev–Trinajstić information content (AvgIpc) is 2.55. The SMILES string of the molecule is N#Cc1ccc(NC(=O)C2C3C=CC(CC3)C2C(=O)O)cc1. The van der Waals surface area contributed by atoms with E-state index in [2.05, 4.69) is 5.32 Å². The van der Waals surface area contributed by atoms with Gasteiger partial charge in [0.15, 0.2) is 0 Å². The van der Waals surface area contributed by atoms with Gasteiger partial charge in [0, 0.05) is 5.69 Å². The summed E-state index contributed by atoms with van der Waals surface area (Å²) >= 11 is 0. The van der Waals surface area contributed by atoms with Gasteiger partial charge >= 0.3 is 5.97 Å². The molecule has 1 aromatic rings. The molecule has 4 rings (SSSR count). The Kier molecular flexibility index (Phi) is 3.68. The van der Waals surface area contributed by atoms with Gasteiger partial charge in [0.1, 0.15) is 0 Å². The number of anilines is 1. The van der Waals surface area contributed by atoms with E-state index in [0.717, 1.165) is 12.8 Å².